The van der Waals surface area contributed by atoms with Gasteiger partial charge in [-0.05, 0) is 25.5 Å². The minimum Gasteiger partial charge on any atom is -0.478 e. The Morgan fingerprint density at radius 2 is 1.76 bits per heavy atom. The highest BCUT2D eigenvalue weighted by Crippen LogP contribution is 2.25. The Kier molecular flexibility index (Phi) is 2.76. The van der Waals surface area contributed by atoms with Gasteiger partial charge in [0.05, 0.1) is 5.56 Å². The molecule has 2 rings (SSSR count). The van der Waals surface area contributed by atoms with Gasteiger partial charge in [-0.15, -0.1) is 0 Å². The predicted molar refractivity (Wildman–Crippen MR) is 67.3 cm³/mol. The molecule has 2 aromatic rings. The molecule has 0 spiro atoms. The van der Waals surface area contributed by atoms with E-state index in [9.17, 15) is 4.79 Å². The number of nitrogens with zero attached hydrogens (tertiary/aromatic N) is 1. The van der Waals surface area contributed by atoms with Gasteiger partial charge in [0.15, 0.2) is 0 Å². The van der Waals surface area contributed by atoms with E-state index >= 15 is 0 Å². The number of carboxylic acids is 1. The van der Waals surface area contributed by atoms with Gasteiger partial charge in [-0.1, -0.05) is 29.8 Å². The minimum absolute atomic E-state index is 0.364. The summed E-state index contributed by atoms with van der Waals surface area (Å²) in [5.41, 5.74) is 4.29. The monoisotopic (exact) mass is 229 g/mol. The first-order chi connectivity index (χ1) is 8.00. The Hall–Kier alpha value is -2.03. The van der Waals surface area contributed by atoms with E-state index in [1.165, 1.54) is 5.56 Å². The normalized spacial score (nSPS) is 10.5. The van der Waals surface area contributed by atoms with Gasteiger partial charge >= 0.3 is 5.97 Å². The van der Waals surface area contributed by atoms with Crippen LogP contribution in [0.4, 0.5) is 0 Å². The van der Waals surface area contributed by atoms with Crippen LogP contribution in [0.25, 0.3) is 11.3 Å². The first kappa shape index (κ1) is 11.5. The molecule has 1 heterocycles. The average molecular weight is 229 g/mol. The summed E-state index contributed by atoms with van der Waals surface area (Å²) in [5.74, 6) is -0.878. The molecule has 0 saturated heterocycles. The molecule has 0 aliphatic rings. The molecule has 0 saturated carbocycles. The Morgan fingerprint density at radius 1 is 1.18 bits per heavy atom. The number of rotatable bonds is 2. The molecule has 0 bridgehead atoms. The van der Waals surface area contributed by atoms with E-state index in [-0.39, 0.29) is 0 Å². The van der Waals surface area contributed by atoms with Gasteiger partial charge in [-0.2, -0.15) is 0 Å². The molecule has 0 aliphatic heterocycles. The highest BCUT2D eigenvalue weighted by atomic mass is 16.4. The van der Waals surface area contributed by atoms with Gasteiger partial charge in [0, 0.05) is 18.4 Å². The van der Waals surface area contributed by atoms with E-state index in [1.54, 1.807) is 6.07 Å². The lowest BCUT2D eigenvalue weighted by Gasteiger charge is -2.05. The quantitative estimate of drug-likeness (QED) is 0.860. The van der Waals surface area contributed by atoms with Gasteiger partial charge in [0.1, 0.15) is 0 Å². The summed E-state index contributed by atoms with van der Waals surface area (Å²) in [4.78, 5) is 11.1. The first-order valence-corrected chi connectivity index (χ1v) is 5.47. The Labute approximate surface area is 100 Å². The van der Waals surface area contributed by atoms with Gasteiger partial charge in [0.25, 0.3) is 0 Å². The summed E-state index contributed by atoms with van der Waals surface area (Å²) < 4.78 is 1.91. The molecule has 0 atom stereocenters. The van der Waals surface area contributed by atoms with Crippen molar-refractivity contribution in [2.45, 2.75) is 13.8 Å². The molecule has 1 N–H and O–H groups in total. The zero-order chi connectivity index (χ0) is 12.6. The van der Waals surface area contributed by atoms with Gasteiger partial charge < -0.3 is 9.67 Å². The Balaban J connectivity index is 2.56. The minimum atomic E-state index is -0.878. The summed E-state index contributed by atoms with van der Waals surface area (Å²) in [6.07, 6.45) is 0. The van der Waals surface area contributed by atoms with Crippen molar-refractivity contribution >= 4 is 5.97 Å². The van der Waals surface area contributed by atoms with Crippen molar-refractivity contribution in [3.05, 3.63) is 47.2 Å². The van der Waals surface area contributed by atoms with Crippen molar-refractivity contribution < 1.29 is 9.90 Å². The number of benzene rings is 1. The molecule has 1 aromatic heterocycles. The second-order valence-corrected chi connectivity index (χ2v) is 4.26. The third-order valence-electron chi connectivity index (χ3n) is 3.11. The largest absolute Gasteiger partial charge is 0.478 e. The third kappa shape index (κ3) is 1.96. The topological polar surface area (TPSA) is 42.2 Å². The number of hydrogen-bond acceptors (Lipinski definition) is 1. The fraction of sp³-hybridized carbons (Fsp3) is 0.214. The standard InChI is InChI=1S/C14H15NO2/c1-9-4-6-11(7-5-9)13-8-12(14(16)17)10(2)15(13)3/h4-8H,1-3H3,(H,16,17). The molecule has 0 unspecified atom stereocenters. The first-order valence-electron chi connectivity index (χ1n) is 5.47. The zero-order valence-corrected chi connectivity index (χ0v) is 10.2. The molecule has 0 fully saturated rings. The number of aromatic nitrogens is 1. The number of aromatic carboxylic acids is 1. The Morgan fingerprint density at radius 3 is 2.24 bits per heavy atom. The number of carboxylic acid groups (broad SMARTS) is 1. The van der Waals surface area contributed by atoms with Crippen LogP contribution in [-0.4, -0.2) is 15.6 Å². The summed E-state index contributed by atoms with van der Waals surface area (Å²) in [6.45, 7) is 3.85. The number of carbonyl (C=O) groups is 1. The van der Waals surface area contributed by atoms with Crippen molar-refractivity contribution in [1.82, 2.24) is 4.57 Å². The van der Waals surface area contributed by atoms with Crippen molar-refractivity contribution in [1.29, 1.82) is 0 Å². The summed E-state index contributed by atoms with van der Waals surface area (Å²) in [7, 11) is 1.89. The maximum Gasteiger partial charge on any atom is 0.337 e. The van der Waals surface area contributed by atoms with Gasteiger partial charge in [-0.25, -0.2) is 4.79 Å². The van der Waals surface area contributed by atoms with Gasteiger partial charge in [-0.3, -0.25) is 0 Å². The molecule has 0 radical (unpaired) electrons. The van der Waals surface area contributed by atoms with Crippen LogP contribution < -0.4 is 0 Å². The van der Waals surface area contributed by atoms with Crippen LogP contribution in [0.1, 0.15) is 21.6 Å². The summed E-state index contributed by atoms with van der Waals surface area (Å²) in [6, 6.07) is 9.80. The summed E-state index contributed by atoms with van der Waals surface area (Å²) in [5, 5.41) is 9.08. The van der Waals surface area contributed by atoms with Crippen molar-refractivity contribution in [2.75, 3.05) is 0 Å². The van der Waals surface area contributed by atoms with Crippen LogP contribution >= 0.6 is 0 Å². The lowest BCUT2D eigenvalue weighted by Crippen LogP contribution is -1.99. The smallest absolute Gasteiger partial charge is 0.337 e. The Bertz CT molecular complexity index is 565. The maximum absolute atomic E-state index is 11.1. The number of aryl methyl sites for hydroxylation is 1. The van der Waals surface area contributed by atoms with Crippen LogP contribution in [0.3, 0.4) is 0 Å². The van der Waals surface area contributed by atoms with E-state index in [1.807, 2.05) is 49.7 Å². The van der Waals surface area contributed by atoms with Crippen LogP contribution in [0.2, 0.25) is 0 Å². The highest BCUT2D eigenvalue weighted by molar-refractivity contribution is 5.91. The van der Waals surface area contributed by atoms with Crippen LogP contribution in [0.5, 0.6) is 0 Å². The zero-order valence-electron chi connectivity index (χ0n) is 10.2. The van der Waals surface area contributed by atoms with Gasteiger partial charge in [0.2, 0.25) is 0 Å². The lowest BCUT2D eigenvalue weighted by atomic mass is 10.1. The van der Waals surface area contributed by atoms with E-state index in [0.29, 0.717) is 5.56 Å². The molecular formula is C14H15NO2. The lowest BCUT2D eigenvalue weighted by molar-refractivity contribution is 0.0696. The molecule has 17 heavy (non-hydrogen) atoms. The van der Waals surface area contributed by atoms with Crippen LogP contribution in [0, 0.1) is 13.8 Å². The average Bonchev–Trinajstić information content (AvgIpc) is 2.58. The van der Waals surface area contributed by atoms with Crippen molar-refractivity contribution in [2.24, 2.45) is 7.05 Å². The molecule has 0 amide bonds. The van der Waals surface area contributed by atoms with E-state index < -0.39 is 5.97 Å². The molecular weight excluding hydrogens is 214 g/mol. The highest BCUT2D eigenvalue weighted by Gasteiger charge is 2.15. The van der Waals surface area contributed by atoms with Crippen molar-refractivity contribution in [3.63, 3.8) is 0 Å². The third-order valence-corrected chi connectivity index (χ3v) is 3.11. The maximum atomic E-state index is 11.1. The summed E-state index contributed by atoms with van der Waals surface area (Å²) >= 11 is 0. The molecule has 88 valence electrons. The number of hydrogen-bond donors (Lipinski definition) is 1. The molecule has 3 heteroatoms. The van der Waals surface area contributed by atoms with Crippen molar-refractivity contribution in [3.8, 4) is 11.3 Å². The second-order valence-electron chi connectivity index (χ2n) is 4.26. The van der Waals surface area contributed by atoms with E-state index in [4.69, 9.17) is 5.11 Å². The molecule has 3 nitrogen and oxygen atoms in total. The molecule has 0 aliphatic carbocycles. The fourth-order valence-corrected chi connectivity index (χ4v) is 1.92. The SMILES string of the molecule is Cc1ccc(-c2cc(C(=O)O)c(C)n2C)cc1. The fourth-order valence-electron chi connectivity index (χ4n) is 1.92. The van der Waals surface area contributed by atoms with E-state index in [0.717, 1.165) is 17.0 Å². The van der Waals surface area contributed by atoms with Crippen LogP contribution in [-0.2, 0) is 7.05 Å². The second kappa shape index (κ2) is 4.09. The molecule has 1 aromatic carbocycles. The predicted octanol–water partition coefficient (Wildman–Crippen LogP) is 3.01. The van der Waals surface area contributed by atoms with Crippen LogP contribution in [0.15, 0.2) is 30.3 Å². The van der Waals surface area contributed by atoms with E-state index in [2.05, 4.69) is 0 Å².